The summed E-state index contributed by atoms with van der Waals surface area (Å²) in [6, 6.07) is 0. The summed E-state index contributed by atoms with van der Waals surface area (Å²) in [5.41, 5.74) is 0.413. The predicted octanol–water partition coefficient (Wildman–Crippen LogP) is 3.06. The summed E-state index contributed by atoms with van der Waals surface area (Å²) in [6.07, 6.45) is 6.51. The van der Waals surface area contributed by atoms with Gasteiger partial charge in [0.2, 0.25) is 0 Å². The van der Waals surface area contributed by atoms with Crippen LogP contribution in [0.4, 0.5) is 0 Å². The molecule has 0 bridgehead atoms. The average Bonchev–Trinajstić information content (AvgIpc) is 2.93. The molecule has 0 heterocycles. The van der Waals surface area contributed by atoms with Gasteiger partial charge >= 0.3 is 0 Å². The Hall–Kier alpha value is -0.580. The first-order valence-corrected chi connectivity index (χ1v) is 10.1. The average molecular weight is 330 g/mol. The third kappa shape index (κ3) is 6.27. The van der Waals surface area contributed by atoms with Gasteiger partial charge in [0.15, 0.2) is 5.96 Å². The molecule has 1 aliphatic rings. The van der Waals surface area contributed by atoms with Crippen LogP contribution in [0.3, 0.4) is 0 Å². The highest BCUT2D eigenvalue weighted by atomic mass is 32.2. The molecule has 0 aromatic carbocycles. The Morgan fingerprint density at radius 2 is 1.82 bits per heavy atom. The van der Waals surface area contributed by atoms with Crippen molar-refractivity contribution in [1.82, 2.24) is 10.6 Å². The Balaban J connectivity index is 2.50. The lowest BCUT2D eigenvalue weighted by molar-refractivity contribution is 0.297. The Kier molecular flexibility index (Phi) is 7.87. The molecule has 1 fully saturated rings. The molecule has 5 heteroatoms. The molecule has 1 aliphatic carbocycles. The molecule has 1 rings (SSSR count). The SMILES string of the molecule is CCNC(=NCC1(CC)CCCC1)NCCS(=O)C(C)(C)C. The molecular formula is C17H35N3OS. The van der Waals surface area contributed by atoms with Crippen molar-refractivity contribution in [2.45, 2.75) is 71.5 Å². The van der Waals surface area contributed by atoms with Gasteiger partial charge in [-0.3, -0.25) is 9.20 Å². The highest BCUT2D eigenvalue weighted by Crippen LogP contribution is 2.41. The van der Waals surface area contributed by atoms with Gasteiger partial charge in [-0.1, -0.05) is 19.8 Å². The van der Waals surface area contributed by atoms with E-state index in [4.69, 9.17) is 4.99 Å². The van der Waals surface area contributed by atoms with E-state index in [0.717, 1.165) is 19.0 Å². The maximum absolute atomic E-state index is 12.1. The smallest absolute Gasteiger partial charge is 0.191 e. The topological polar surface area (TPSA) is 53.5 Å². The normalized spacial score (nSPS) is 20.0. The van der Waals surface area contributed by atoms with Gasteiger partial charge in [0.1, 0.15) is 0 Å². The van der Waals surface area contributed by atoms with Gasteiger partial charge in [-0.05, 0) is 52.4 Å². The number of aliphatic imine (C=N–C) groups is 1. The molecule has 0 amide bonds. The molecule has 0 aliphatic heterocycles. The molecule has 0 saturated heterocycles. The molecular weight excluding hydrogens is 294 g/mol. The number of hydrogen-bond donors (Lipinski definition) is 2. The lowest BCUT2D eigenvalue weighted by Gasteiger charge is -2.25. The van der Waals surface area contributed by atoms with E-state index in [9.17, 15) is 4.21 Å². The van der Waals surface area contributed by atoms with E-state index in [-0.39, 0.29) is 4.75 Å². The first-order chi connectivity index (χ1) is 10.3. The molecule has 22 heavy (non-hydrogen) atoms. The molecule has 1 unspecified atom stereocenters. The van der Waals surface area contributed by atoms with Gasteiger partial charge in [0, 0.05) is 40.9 Å². The molecule has 0 spiro atoms. The van der Waals surface area contributed by atoms with Crippen molar-refractivity contribution in [3.63, 3.8) is 0 Å². The van der Waals surface area contributed by atoms with E-state index in [1.54, 1.807) is 0 Å². The first-order valence-electron chi connectivity index (χ1n) is 8.73. The van der Waals surface area contributed by atoms with Crippen LogP contribution < -0.4 is 10.6 Å². The molecule has 130 valence electrons. The summed E-state index contributed by atoms with van der Waals surface area (Å²) in [7, 11) is -0.819. The Labute approximate surface area is 139 Å². The molecule has 2 N–H and O–H groups in total. The highest BCUT2D eigenvalue weighted by molar-refractivity contribution is 7.86. The zero-order valence-corrected chi connectivity index (χ0v) is 15.9. The number of hydrogen-bond acceptors (Lipinski definition) is 2. The fraction of sp³-hybridized carbons (Fsp3) is 0.941. The zero-order chi connectivity index (χ0) is 16.6. The third-order valence-corrected chi connectivity index (χ3v) is 6.53. The monoisotopic (exact) mass is 329 g/mol. The minimum absolute atomic E-state index is 0.146. The number of rotatable bonds is 7. The van der Waals surface area contributed by atoms with Gasteiger partial charge < -0.3 is 10.6 Å². The second-order valence-corrected chi connectivity index (χ2v) is 9.67. The summed E-state index contributed by atoms with van der Waals surface area (Å²) in [5, 5.41) is 6.64. The van der Waals surface area contributed by atoms with Crippen molar-refractivity contribution in [2.75, 3.05) is 25.4 Å². The quantitative estimate of drug-likeness (QED) is 0.557. The van der Waals surface area contributed by atoms with E-state index < -0.39 is 10.8 Å². The van der Waals surface area contributed by atoms with Crippen molar-refractivity contribution >= 4 is 16.8 Å². The number of nitrogens with one attached hydrogen (secondary N) is 2. The zero-order valence-electron chi connectivity index (χ0n) is 15.1. The van der Waals surface area contributed by atoms with Crippen LogP contribution in [0.25, 0.3) is 0 Å². The minimum Gasteiger partial charge on any atom is -0.357 e. The van der Waals surface area contributed by atoms with Crippen LogP contribution in [-0.4, -0.2) is 40.3 Å². The van der Waals surface area contributed by atoms with Crippen LogP contribution in [0, 0.1) is 5.41 Å². The molecule has 1 saturated carbocycles. The summed E-state index contributed by atoms with van der Waals surface area (Å²) in [6.45, 7) is 12.9. The Morgan fingerprint density at radius 3 is 2.32 bits per heavy atom. The molecule has 0 aromatic rings. The summed E-state index contributed by atoms with van der Waals surface area (Å²) < 4.78 is 11.9. The van der Waals surface area contributed by atoms with Gasteiger partial charge in [0.05, 0.1) is 0 Å². The van der Waals surface area contributed by atoms with Crippen LogP contribution in [0.1, 0.15) is 66.7 Å². The molecule has 1 atom stereocenters. The van der Waals surface area contributed by atoms with Crippen LogP contribution >= 0.6 is 0 Å². The van der Waals surface area contributed by atoms with Gasteiger partial charge in [-0.2, -0.15) is 0 Å². The highest BCUT2D eigenvalue weighted by Gasteiger charge is 2.31. The minimum atomic E-state index is -0.819. The lowest BCUT2D eigenvalue weighted by atomic mass is 9.84. The van der Waals surface area contributed by atoms with Gasteiger partial charge in [0.25, 0.3) is 0 Å². The summed E-state index contributed by atoms with van der Waals surface area (Å²) >= 11 is 0. The van der Waals surface area contributed by atoms with Crippen LogP contribution in [0.5, 0.6) is 0 Å². The van der Waals surface area contributed by atoms with Crippen LogP contribution in [0.2, 0.25) is 0 Å². The maximum Gasteiger partial charge on any atom is 0.191 e. The van der Waals surface area contributed by atoms with Gasteiger partial charge in [-0.15, -0.1) is 0 Å². The van der Waals surface area contributed by atoms with Gasteiger partial charge in [-0.25, -0.2) is 0 Å². The fourth-order valence-electron chi connectivity index (χ4n) is 2.91. The fourth-order valence-corrected chi connectivity index (χ4v) is 3.81. The van der Waals surface area contributed by atoms with E-state index in [0.29, 0.717) is 17.7 Å². The molecule has 0 radical (unpaired) electrons. The van der Waals surface area contributed by atoms with Crippen molar-refractivity contribution in [3.05, 3.63) is 0 Å². The Bertz CT molecular complexity index is 382. The first kappa shape index (κ1) is 19.5. The summed E-state index contributed by atoms with van der Waals surface area (Å²) in [5.74, 6) is 1.53. The second kappa shape index (κ2) is 8.90. The van der Waals surface area contributed by atoms with Crippen LogP contribution in [0.15, 0.2) is 4.99 Å². The van der Waals surface area contributed by atoms with Crippen molar-refractivity contribution in [2.24, 2.45) is 10.4 Å². The maximum atomic E-state index is 12.1. The second-order valence-electron chi connectivity index (χ2n) is 7.34. The van der Waals surface area contributed by atoms with Crippen molar-refractivity contribution in [3.8, 4) is 0 Å². The predicted molar refractivity (Wildman–Crippen MR) is 97.9 cm³/mol. The van der Waals surface area contributed by atoms with E-state index in [2.05, 4.69) is 24.5 Å². The largest absolute Gasteiger partial charge is 0.357 e. The van der Waals surface area contributed by atoms with Crippen molar-refractivity contribution in [1.29, 1.82) is 0 Å². The molecule has 0 aromatic heterocycles. The number of guanidine groups is 1. The van der Waals surface area contributed by atoms with E-state index in [1.165, 1.54) is 32.1 Å². The Morgan fingerprint density at radius 1 is 1.18 bits per heavy atom. The standard InChI is InChI=1S/C17H35N3OS/c1-6-17(10-8-9-11-17)14-20-15(18-7-2)19-12-13-22(21)16(3,4)5/h6-14H2,1-5H3,(H2,18,19,20). The number of nitrogens with zero attached hydrogens (tertiary/aromatic N) is 1. The van der Waals surface area contributed by atoms with Crippen molar-refractivity contribution < 1.29 is 4.21 Å². The summed E-state index contributed by atoms with van der Waals surface area (Å²) in [4.78, 5) is 4.79. The van der Waals surface area contributed by atoms with E-state index >= 15 is 0 Å². The lowest BCUT2D eigenvalue weighted by Crippen LogP contribution is -2.41. The van der Waals surface area contributed by atoms with E-state index in [1.807, 2.05) is 20.8 Å². The molecule has 4 nitrogen and oxygen atoms in total. The van der Waals surface area contributed by atoms with Crippen LogP contribution in [-0.2, 0) is 10.8 Å². The third-order valence-electron chi connectivity index (χ3n) is 4.59.